The van der Waals surface area contributed by atoms with Crippen molar-refractivity contribution in [3.63, 3.8) is 0 Å². The first-order valence-electron chi connectivity index (χ1n) is 5.52. The van der Waals surface area contributed by atoms with Gasteiger partial charge in [-0.1, -0.05) is 6.92 Å². The average molecular weight is 257 g/mol. The fraction of sp³-hybridized carbons (Fsp3) is 0.583. The third kappa shape index (κ3) is 6.67. The molecule has 0 aliphatic rings. The number of methoxy groups -OCH3 is 1. The minimum absolute atomic E-state index is 0.219. The normalized spacial score (nSPS) is 11.7. The summed E-state index contributed by atoms with van der Waals surface area (Å²) in [5.74, 6) is -1.10. The lowest BCUT2D eigenvalue weighted by Crippen LogP contribution is -2.34. The van der Waals surface area contributed by atoms with Crippen LogP contribution in [-0.2, 0) is 19.1 Å². The molecule has 0 saturated heterocycles. The summed E-state index contributed by atoms with van der Waals surface area (Å²) in [5.41, 5.74) is -0.932. The Morgan fingerprint density at radius 1 is 1.22 bits per heavy atom. The van der Waals surface area contributed by atoms with Gasteiger partial charge >= 0.3 is 12.1 Å². The molecule has 0 bridgehead atoms. The van der Waals surface area contributed by atoms with Crippen LogP contribution in [0, 0.1) is 0 Å². The molecule has 18 heavy (non-hydrogen) atoms. The quantitative estimate of drug-likeness (QED) is 0.610. The summed E-state index contributed by atoms with van der Waals surface area (Å²) in [6.07, 6.45) is 0.426. The highest BCUT2D eigenvalue weighted by molar-refractivity contribution is 6.00. The topological polar surface area (TPSA) is 81.7 Å². The van der Waals surface area contributed by atoms with Gasteiger partial charge in [-0.15, -0.1) is 0 Å². The third-order valence-electron chi connectivity index (χ3n) is 1.69. The summed E-state index contributed by atoms with van der Waals surface area (Å²) < 4.78 is 9.43. The number of amides is 1. The Bertz CT molecular complexity index is 365. The van der Waals surface area contributed by atoms with E-state index in [0.29, 0.717) is 0 Å². The fourth-order valence-electron chi connectivity index (χ4n) is 0.933. The first-order valence-corrected chi connectivity index (χ1v) is 5.52. The minimum atomic E-state index is -0.817. The van der Waals surface area contributed by atoms with Crippen LogP contribution in [-0.4, -0.2) is 30.6 Å². The molecule has 102 valence electrons. The van der Waals surface area contributed by atoms with Crippen LogP contribution in [0.1, 0.15) is 34.1 Å². The summed E-state index contributed by atoms with van der Waals surface area (Å²) in [6, 6.07) is 0. The van der Waals surface area contributed by atoms with Crippen LogP contribution in [0.3, 0.4) is 0 Å². The molecule has 0 rings (SSSR count). The van der Waals surface area contributed by atoms with E-state index in [1.54, 1.807) is 27.7 Å². The van der Waals surface area contributed by atoms with Gasteiger partial charge in [-0.2, -0.15) is 0 Å². The first-order chi connectivity index (χ1) is 8.19. The molecule has 6 heteroatoms. The number of hydrogen-bond acceptors (Lipinski definition) is 5. The van der Waals surface area contributed by atoms with E-state index in [9.17, 15) is 14.4 Å². The summed E-state index contributed by atoms with van der Waals surface area (Å²) >= 11 is 0. The van der Waals surface area contributed by atoms with Crippen LogP contribution in [0.2, 0.25) is 0 Å². The van der Waals surface area contributed by atoms with Gasteiger partial charge in [-0.3, -0.25) is 10.1 Å². The number of carbonyl (C=O) groups is 3. The van der Waals surface area contributed by atoms with Crippen molar-refractivity contribution in [2.45, 2.75) is 39.7 Å². The molecule has 0 saturated carbocycles. The molecule has 0 aliphatic carbocycles. The molecular formula is C12H19NO5. The number of carbonyl (C=O) groups excluding carboxylic acids is 3. The van der Waals surface area contributed by atoms with E-state index < -0.39 is 17.7 Å². The highest BCUT2D eigenvalue weighted by Gasteiger charge is 2.20. The van der Waals surface area contributed by atoms with Crippen LogP contribution in [0.4, 0.5) is 4.79 Å². The Hall–Kier alpha value is -1.85. The van der Waals surface area contributed by atoms with Crippen molar-refractivity contribution in [2.75, 3.05) is 7.11 Å². The van der Waals surface area contributed by atoms with Crippen LogP contribution in [0.15, 0.2) is 11.8 Å². The molecule has 0 aromatic carbocycles. The molecule has 0 spiro atoms. The second-order valence-electron chi connectivity index (χ2n) is 4.50. The molecule has 1 N–H and O–H groups in total. The predicted octanol–water partition coefficient (Wildman–Crippen LogP) is 1.55. The monoisotopic (exact) mass is 257 g/mol. The Morgan fingerprint density at radius 3 is 2.17 bits per heavy atom. The van der Waals surface area contributed by atoms with Gasteiger partial charge in [0.25, 0.3) is 0 Å². The zero-order valence-corrected chi connectivity index (χ0v) is 11.3. The zero-order valence-electron chi connectivity index (χ0n) is 11.3. The van der Waals surface area contributed by atoms with Crippen LogP contribution < -0.4 is 5.32 Å². The Labute approximate surface area is 106 Å². The molecule has 6 nitrogen and oxygen atoms in total. The molecule has 0 fully saturated rings. The lowest BCUT2D eigenvalue weighted by Gasteiger charge is -2.19. The number of ketones is 1. The molecule has 0 radical (unpaired) electrons. The molecule has 0 unspecified atom stereocenters. The molecule has 0 heterocycles. The molecule has 0 aliphatic heterocycles. The number of alkyl carbamates (subject to hydrolysis) is 1. The van der Waals surface area contributed by atoms with Crippen LogP contribution in [0.5, 0.6) is 0 Å². The van der Waals surface area contributed by atoms with E-state index in [2.05, 4.69) is 10.1 Å². The number of ether oxygens (including phenoxy) is 2. The van der Waals surface area contributed by atoms with E-state index in [1.165, 1.54) is 0 Å². The number of allylic oxidation sites excluding steroid dienone is 1. The smallest absolute Gasteiger partial charge is 0.412 e. The zero-order chi connectivity index (χ0) is 14.3. The third-order valence-corrected chi connectivity index (χ3v) is 1.69. The van der Waals surface area contributed by atoms with Gasteiger partial charge in [0, 0.05) is 12.5 Å². The lowest BCUT2D eigenvalue weighted by atomic mass is 10.2. The summed E-state index contributed by atoms with van der Waals surface area (Å²) in [5, 5.41) is 2.19. The van der Waals surface area contributed by atoms with Crippen molar-refractivity contribution in [1.29, 1.82) is 0 Å². The molecular weight excluding hydrogens is 238 g/mol. The van der Waals surface area contributed by atoms with Crippen molar-refractivity contribution >= 4 is 17.8 Å². The van der Waals surface area contributed by atoms with Gasteiger partial charge in [0.1, 0.15) is 11.3 Å². The van der Waals surface area contributed by atoms with Gasteiger partial charge in [0.15, 0.2) is 5.78 Å². The molecule has 1 amide bonds. The van der Waals surface area contributed by atoms with E-state index >= 15 is 0 Å². The maximum Gasteiger partial charge on any atom is 0.412 e. The Morgan fingerprint density at radius 2 is 1.78 bits per heavy atom. The highest BCUT2D eigenvalue weighted by atomic mass is 16.6. The fourth-order valence-corrected chi connectivity index (χ4v) is 0.933. The lowest BCUT2D eigenvalue weighted by molar-refractivity contribution is -0.136. The first kappa shape index (κ1) is 16.1. The summed E-state index contributed by atoms with van der Waals surface area (Å²) in [6.45, 7) is 6.70. The van der Waals surface area contributed by atoms with Crippen LogP contribution in [0.25, 0.3) is 0 Å². The minimum Gasteiger partial charge on any atom is -0.464 e. The van der Waals surface area contributed by atoms with Crippen molar-refractivity contribution in [1.82, 2.24) is 5.32 Å². The van der Waals surface area contributed by atoms with Gasteiger partial charge in [-0.05, 0) is 20.8 Å². The van der Waals surface area contributed by atoms with E-state index in [1.807, 2.05) is 0 Å². The standard InChI is InChI=1S/C12H19NO5/c1-6-8(14)7-9(10(15)17-5)13-11(16)18-12(2,3)4/h7H,6H2,1-5H3,(H,13,16)/b9-7-. The van der Waals surface area contributed by atoms with Crippen LogP contribution >= 0.6 is 0 Å². The van der Waals surface area contributed by atoms with Crippen molar-refractivity contribution in [3.05, 3.63) is 11.8 Å². The van der Waals surface area contributed by atoms with Gasteiger partial charge in [-0.25, -0.2) is 9.59 Å². The Kier molecular flexibility index (Phi) is 6.08. The predicted molar refractivity (Wildman–Crippen MR) is 64.8 cm³/mol. The van der Waals surface area contributed by atoms with E-state index in [0.717, 1.165) is 13.2 Å². The van der Waals surface area contributed by atoms with Gasteiger partial charge in [0.05, 0.1) is 7.11 Å². The van der Waals surface area contributed by atoms with Gasteiger partial charge < -0.3 is 9.47 Å². The molecule has 0 aromatic heterocycles. The summed E-state index contributed by atoms with van der Waals surface area (Å²) in [7, 11) is 1.16. The van der Waals surface area contributed by atoms with Crippen molar-refractivity contribution in [3.8, 4) is 0 Å². The average Bonchev–Trinajstić information content (AvgIpc) is 2.24. The second kappa shape index (κ2) is 6.78. The summed E-state index contributed by atoms with van der Waals surface area (Å²) in [4.78, 5) is 34.1. The van der Waals surface area contributed by atoms with Gasteiger partial charge in [0.2, 0.25) is 0 Å². The maximum absolute atomic E-state index is 11.5. The SMILES string of the molecule is CCC(=O)/C=C(\NC(=O)OC(C)(C)C)C(=O)OC. The van der Waals surface area contributed by atoms with Crippen molar-refractivity contribution in [2.24, 2.45) is 0 Å². The highest BCUT2D eigenvalue weighted by Crippen LogP contribution is 2.07. The largest absolute Gasteiger partial charge is 0.464 e. The number of rotatable bonds is 4. The number of nitrogens with one attached hydrogen (secondary N) is 1. The number of hydrogen-bond donors (Lipinski definition) is 1. The second-order valence-corrected chi connectivity index (χ2v) is 4.50. The maximum atomic E-state index is 11.5. The van der Waals surface area contributed by atoms with E-state index in [-0.39, 0.29) is 17.9 Å². The molecule has 0 atom stereocenters. The Balaban J connectivity index is 4.82. The number of esters is 1. The molecule has 0 aromatic rings. The van der Waals surface area contributed by atoms with Crippen molar-refractivity contribution < 1.29 is 23.9 Å². The van der Waals surface area contributed by atoms with E-state index in [4.69, 9.17) is 4.74 Å².